The quantitative estimate of drug-likeness (QED) is 0.700. The van der Waals surface area contributed by atoms with Gasteiger partial charge in [-0.2, -0.15) is 0 Å². The molecule has 106 valence electrons. The van der Waals surface area contributed by atoms with Gasteiger partial charge in [-0.1, -0.05) is 13.3 Å². The molecule has 1 saturated heterocycles. The Hall–Kier alpha value is -0.270. The van der Waals surface area contributed by atoms with Gasteiger partial charge in [0.1, 0.15) is 0 Å². The Labute approximate surface area is 113 Å². The number of rotatable bonds is 7. The number of sulfone groups is 1. The van der Waals surface area contributed by atoms with Crippen LogP contribution in [0, 0.1) is 0 Å². The number of carbonyl (C=O) groups is 1. The zero-order valence-electron chi connectivity index (χ0n) is 10.6. The summed E-state index contributed by atoms with van der Waals surface area (Å²) in [5.41, 5.74) is 0. The average Bonchev–Trinajstić information content (AvgIpc) is 2.64. The Morgan fingerprint density at radius 1 is 1.56 bits per heavy atom. The van der Waals surface area contributed by atoms with Crippen LogP contribution in [-0.4, -0.2) is 54.6 Å². The summed E-state index contributed by atoms with van der Waals surface area (Å²) in [6.45, 7) is 2.25. The highest BCUT2D eigenvalue weighted by Crippen LogP contribution is 2.23. The summed E-state index contributed by atoms with van der Waals surface area (Å²) in [5, 5.41) is 12.1. The molecule has 0 spiro atoms. The van der Waals surface area contributed by atoms with Crippen molar-refractivity contribution in [3.8, 4) is 0 Å². The fourth-order valence-electron chi connectivity index (χ4n) is 1.80. The van der Waals surface area contributed by atoms with Crippen LogP contribution in [0.4, 0.5) is 0 Å². The molecule has 0 saturated carbocycles. The highest BCUT2D eigenvalue weighted by Gasteiger charge is 2.28. The molecule has 2 atom stereocenters. The maximum Gasteiger partial charge on any atom is 0.230 e. The zero-order chi connectivity index (χ0) is 13.6. The van der Waals surface area contributed by atoms with E-state index in [1.165, 1.54) is 11.8 Å². The first-order valence-electron chi connectivity index (χ1n) is 6.19. The highest BCUT2D eigenvalue weighted by atomic mass is 32.2. The van der Waals surface area contributed by atoms with Crippen molar-refractivity contribution >= 4 is 27.5 Å². The number of nitrogens with one attached hydrogen (secondary N) is 1. The van der Waals surface area contributed by atoms with Crippen molar-refractivity contribution in [1.29, 1.82) is 0 Å². The van der Waals surface area contributed by atoms with Crippen LogP contribution in [0.2, 0.25) is 0 Å². The van der Waals surface area contributed by atoms with Crippen molar-refractivity contribution in [2.75, 3.05) is 23.8 Å². The predicted molar refractivity (Wildman–Crippen MR) is 73.4 cm³/mol. The summed E-state index contributed by atoms with van der Waals surface area (Å²) in [5.74, 6) is 0.545. The minimum atomic E-state index is -2.87. The summed E-state index contributed by atoms with van der Waals surface area (Å²) >= 11 is 1.39. The van der Waals surface area contributed by atoms with Gasteiger partial charge in [0, 0.05) is 11.8 Å². The molecule has 18 heavy (non-hydrogen) atoms. The normalized spacial score (nSPS) is 23.8. The van der Waals surface area contributed by atoms with E-state index in [9.17, 15) is 18.3 Å². The van der Waals surface area contributed by atoms with Crippen molar-refractivity contribution < 1.29 is 18.3 Å². The molecule has 2 N–H and O–H groups in total. The lowest BCUT2D eigenvalue weighted by atomic mass is 10.2. The van der Waals surface area contributed by atoms with Crippen LogP contribution in [0.1, 0.15) is 26.2 Å². The Bertz CT molecular complexity index is 369. The molecule has 0 aromatic rings. The molecular formula is C11H21NO4S2. The molecule has 1 rings (SSSR count). The Morgan fingerprint density at radius 3 is 2.83 bits per heavy atom. The molecule has 1 amide bonds. The second-order valence-electron chi connectivity index (χ2n) is 4.58. The van der Waals surface area contributed by atoms with Gasteiger partial charge < -0.3 is 10.4 Å². The Balaban J connectivity index is 2.14. The third-order valence-electron chi connectivity index (χ3n) is 2.80. The Kier molecular flexibility index (Phi) is 6.45. The third-order valence-corrected chi connectivity index (χ3v) is 6.08. The van der Waals surface area contributed by atoms with Crippen LogP contribution in [-0.2, 0) is 14.6 Å². The smallest absolute Gasteiger partial charge is 0.230 e. The first-order chi connectivity index (χ1) is 8.43. The second-order valence-corrected chi connectivity index (χ2v) is 8.10. The maximum atomic E-state index is 11.5. The van der Waals surface area contributed by atoms with Gasteiger partial charge in [0.2, 0.25) is 5.91 Å². The molecule has 0 aromatic heterocycles. The molecule has 1 fully saturated rings. The van der Waals surface area contributed by atoms with Gasteiger partial charge in [0.15, 0.2) is 9.84 Å². The molecule has 7 heteroatoms. The molecule has 0 bridgehead atoms. The molecule has 5 nitrogen and oxygen atoms in total. The lowest BCUT2D eigenvalue weighted by Gasteiger charge is -2.11. The minimum Gasteiger partial charge on any atom is -0.391 e. The van der Waals surface area contributed by atoms with E-state index in [1.807, 2.05) is 6.92 Å². The lowest BCUT2D eigenvalue weighted by Crippen LogP contribution is -2.33. The van der Waals surface area contributed by atoms with E-state index in [-0.39, 0.29) is 35.0 Å². The number of amides is 1. The summed E-state index contributed by atoms with van der Waals surface area (Å²) in [6, 6.07) is 0. The van der Waals surface area contributed by atoms with E-state index in [4.69, 9.17) is 0 Å². The van der Waals surface area contributed by atoms with Crippen molar-refractivity contribution in [1.82, 2.24) is 5.32 Å². The Morgan fingerprint density at radius 2 is 2.28 bits per heavy atom. The van der Waals surface area contributed by atoms with E-state index >= 15 is 0 Å². The van der Waals surface area contributed by atoms with Crippen molar-refractivity contribution in [3.63, 3.8) is 0 Å². The summed E-state index contributed by atoms with van der Waals surface area (Å²) in [7, 11) is -2.87. The van der Waals surface area contributed by atoms with Gasteiger partial charge in [0.05, 0.1) is 23.4 Å². The zero-order valence-corrected chi connectivity index (χ0v) is 12.2. The molecule has 1 aliphatic rings. The fourth-order valence-corrected chi connectivity index (χ4v) is 5.28. The summed E-state index contributed by atoms with van der Waals surface area (Å²) in [4.78, 5) is 11.5. The van der Waals surface area contributed by atoms with Crippen LogP contribution in [0.15, 0.2) is 0 Å². The van der Waals surface area contributed by atoms with Gasteiger partial charge in [-0.25, -0.2) is 8.42 Å². The standard InChI is InChI=1S/C11H21NO4S2/c1-2-3-9(13)6-12-11(14)7-17-10-4-5-18(15,16)8-10/h9-10,13H,2-8H2,1H3,(H,12,14). The van der Waals surface area contributed by atoms with Gasteiger partial charge in [-0.3, -0.25) is 4.79 Å². The van der Waals surface area contributed by atoms with Gasteiger partial charge in [-0.05, 0) is 12.8 Å². The fraction of sp³-hybridized carbons (Fsp3) is 0.909. The minimum absolute atomic E-state index is 0.0429. The van der Waals surface area contributed by atoms with E-state index in [2.05, 4.69) is 5.32 Å². The van der Waals surface area contributed by atoms with Crippen LogP contribution < -0.4 is 5.32 Å². The van der Waals surface area contributed by atoms with E-state index in [1.54, 1.807) is 0 Å². The number of aliphatic hydroxyl groups is 1. The largest absolute Gasteiger partial charge is 0.391 e. The third kappa shape index (κ3) is 6.06. The molecule has 1 aliphatic heterocycles. The van der Waals surface area contributed by atoms with Crippen LogP contribution in [0.5, 0.6) is 0 Å². The molecular weight excluding hydrogens is 274 g/mol. The van der Waals surface area contributed by atoms with Crippen molar-refractivity contribution in [3.05, 3.63) is 0 Å². The van der Waals surface area contributed by atoms with E-state index < -0.39 is 15.9 Å². The molecule has 0 radical (unpaired) electrons. The van der Waals surface area contributed by atoms with E-state index in [0.29, 0.717) is 12.8 Å². The number of hydrogen-bond acceptors (Lipinski definition) is 5. The van der Waals surface area contributed by atoms with E-state index in [0.717, 1.165) is 6.42 Å². The number of hydrogen-bond donors (Lipinski definition) is 2. The number of aliphatic hydroxyl groups excluding tert-OH is 1. The molecule has 0 aliphatic carbocycles. The van der Waals surface area contributed by atoms with Gasteiger partial charge in [0.25, 0.3) is 0 Å². The SMILES string of the molecule is CCCC(O)CNC(=O)CSC1CCS(=O)(=O)C1. The highest BCUT2D eigenvalue weighted by molar-refractivity contribution is 8.02. The van der Waals surface area contributed by atoms with Gasteiger partial charge >= 0.3 is 0 Å². The lowest BCUT2D eigenvalue weighted by molar-refractivity contribution is -0.119. The summed E-state index contributed by atoms with van der Waals surface area (Å²) < 4.78 is 22.5. The number of thioether (sulfide) groups is 1. The second kappa shape index (κ2) is 7.35. The van der Waals surface area contributed by atoms with Gasteiger partial charge in [-0.15, -0.1) is 11.8 Å². The van der Waals surface area contributed by atoms with Crippen molar-refractivity contribution in [2.45, 2.75) is 37.5 Å². The number of carbonyl (C=O) groups excluding carboxylic acids is 1. The predicted octanol–water partition coefficient (Wildman–Crippen LogP) is 0.184. The average molecular weight is 295 g/mol. The summed E-state index contributed by atoms with van der Waals surface area (Å²) in [6.07, 6.45) is 1.70. The monoisotopic (exact) mass is 295 g/mol. The van der Waals surface area contributed by atoms with Crippen LogP contribution in [0.25, 0.3) is 0 Å². The molecule has 2 unspecified atom stereocenters. The molecule has 1 heterocycles. The molecule has 0 aromatic carbocycles. The topological polar surface area (TPSA) is 83.5 Å². The first kappa shape index (κ1) is 15.8. The maximum absolute atomic E-state index is 11.5. The van der Waals surface area contributed by atoms with Crippen LogP contribution in [0.3, 0.4) is 0 Å². The van der Waals surface area contributed by atoms with Crippen LogP contribution >= 0.6 is 11.8 Å². The van der Waals surface area contributed by atoms with Crippen molar-refractivity contribution in [2.24, 2.45) is 0 Å². The first-order valence-corrected chi connectivity index (χ1v) is 9.06.